The van der Waals surface area contributed by atoms with Crippen molar-refractivity contribution in [3.05, 3.63) is 59.9 Å². The monoisotopic (exact) mass is 297 g/mol. The van der Waals surface area contributed by atoms with Crippen LogP contribution in [-0.2, 0) is 0 Å². The van der Waals surface area contributed by atoms with Crippen LogP contribution in [0.4, 0.5) is 0 Å². The first-order valence-electron chi connectivity index (χ1n) is 7.87. The fourth-order valence-electron chi connectivity index (χ4n) is 3.10. The van der Waals surface area contributed by atoms with Gasteiger partial charge in [0, 0.05) is 32.0 Å². The van der Waals surface area contributed by atoms with E-state index in [4.69, 9.17) is 4.74 Å². The van der Waals surface area contributed by atoms with Gasteiger partial charge in [0.1, 0.15) is 5.75 Å². The molecular formula is C18H23N3O. The molecule has 22 heavy (non-hydrogen) atoms. The molecular weight excluding hydrogens is 274 g/mol. The Morgan fingerprint density at radius 1 is 1.09 bits per heavy atom. The zero-order valence-electron chi connectivity index (χ0n) is 13.0. The van der Waals surface area contributed by atoms with E-state index in [1.165, 1.54) is 17.5 Å². The zero-order valence-corrected chi connectivity index (χ0v) is 13.0. The Kier molecular flexibility index (Phi) is 5.03. The van der Waals surface area contributed by atoms with Crippen LogP contribution in [0.2, 0.25) is 0 Å². The van der Waals surface area contributed by atoms with Gasteiger partial charge in [0.25, 0.3) is 0 Å². The Bertz CT molecular complexity index is 580. The number of aromatic nitrogens is 1. The number of rotatable bonds is 4. The van der Waals surface area contributed by atoms with Crippen LogP contribution in [-0.4, -0.2) is 43.2 Å². The standard InChI is InChI=1S/C18H23N3O/c1-22-17-5-2-4-16(14-17)18(15-6-9-20-10-7-15)21-12-3-8-19-11-13-21/h2,4-7,9-10,14,18-19H,3,8,11-13H2,1H3. The quantitative estimate of drug-likeness (QED) is 0.941. The van der Waals surface area contributed by atoms with Crippen molar-refractivity contribution in [2.45, 2.75) is 12.5 Å². The van der Waals surface area contributed by atoms with E-state index >= 15 is 0 Å². The van der Waals surface area contributed by atoms with Crippen LogP contribution in [0.1, 0.15) is 23.6 Å². The predicted molar refractivity (Wildman–Crippen MR) is 88.1 cm³/mol. The lowest BCUT2D eigenvalue weighted by Crippen LogP contribution is -2.33. The van der Waals surface area contributed by atoms with Gasteiger partial charge in [0.05, 0.1) is 13.2 Å². The van der Waals surface area contributed by atoms with Gasteiger partial charge in [-0.3, -0.25) is 9.88 Å². The molecule has 1 unspecified atom stereocenters. The molecule has 1 aliphatic heterocycles. The number of nitrogens with zero attached hydrogens (tertiary/aromatic N) is 2. The second-order valence-electron chi connectivity index (χ2n) is 5.60. The van der Waals surface area contributed by atoms with Crippen molar-refractivity contribution in [3.63, 3.8) is 0 Å². The molecule has 1 atom stereocenters. The largest absolute Gasteiger partial charge is 0.497 e. The van der Waals surface area contributed by atoms with Gasteiger partial charge >= 0.3 is 0 Å². The molecule has 116 valence electrons. The number of nitrogens with one attached hydrogen (secondary N) is 1. The van der Waals surface area contributed by atoms with Crippen molar-refractivity contribution in [1.82, 2.24) is 15.2 Å². The van der Waals surface area contributed by atoms with Gasteiger partial charge in [-0.15, -0.1) is 0 Å². The smallest absolute Gasteiger partial charge is 0.119 e. The Balaban J connectivity index is 1.98. The maximum Gasteiger partial charge on any atom is 0.119 e. The highest BCUT2D eigenvalue weighted by atomic mass is 16.5. The summed E-state index contributed by atoms with van der Waals surface area (Å²) in [7, 11) is 1.72. The number of methoxy groups -OCH3 is 1. The average Bonchev–Trinajstić information content (AvgIpc) is 2.86. The van der Waals surface area contributed by atoms with Crippen LogP contribution >= 0.6 is 0 Å². The molecule has 0 saturated carbocycles. The summed E-state index contributed by atoms with van der Waals surface area (Å²) in [5.74, 6) is 0.907. The fraction of sp³-hybridized carbons (Fsp3) is 0.389. The maximum atomic E-state index is 5.41. The van der Waals surface area contributed by atoms with Gasteiger partial charge in [0.15, 0.2) is 0 Å². The highest BCUT2D eigenvalue weighted by Crippen LogP contribution is 2.30. The maximum absolute atomic E-state index is 5.41. The van der Waals surface area contributed by atoms with Crippen LogP contribution in [0.5, 0.6) is 5.75 Å². The third-order valence-corrected chi connectivity index (χ3v) is 4.17. The lowest BCUT2D eigenvalue weighted by molar-refractivity contribution is 0.240. The number of hydrogen-bond acceptors (Lipinski definition) is 4. The van der Waals surface area contributed by atoms with E-state index in [-0.39, 0.29) is 6.04 Å². The summed E-state index contributed by atoms with van der Waals surface area (Å²) < 4.78 is 5.41. The average molecular weight is 297 g/mol. The molecule has 0 aliphatic carbocycles. The number of pyridine rings is 1. The molecule has 4 heteroatoms. The summed E-state index contributed by atoms with van der Waals surface area (Å²) in [5, 5.41) is 3.48. The molecule has 1 aliphatic rings. The van der Waals surface area contributed by atoms with Crippen LogP contribution in [0.15, 0.2) is 48.8 Å². The third-order valence-electron chi connectivity index (χ3n) is 4.17. The molecule has 1 aromatic carbocycles. The van der Waals surface area contributed by atoms with Crippen molar-refractivity contribution in [1.29, 1.82) is 0 Å². The minimum atomic E-state index is 0.248. The van der Waals surface area contributed by atoms with E-state index < -0.39 is 0 Å². The van der Waals surface area contributed by atoms with Crippen LogP contribution in [0, 0.1) is 0 Å². The minimum absolute atomic E-state index is 0.248. The topological polar surface area (TPSA) is 37.4 Å². The molecule has 4 nitrogen and oxygen atoms in total. The van der Waals surface area contributed by atoms with E-state index in [2.05, 4.69) is 45.5 Å². The molecule has 0 radical (unpaired) electrons. The highest BCUT2D eigenvalue weighted by Gasteiger charge is 2.23. The minimum Gasteiger partial charge on any atom is -0.497 e. The highest BCUT2D eigenvalue weighted by molar-refractivity contribution is 5.36. The van der Waals surface area contributed by atoms with Gasteiger partial charge in [-0.2, -0.15) is 0 Å². The molecule has 0 amide bonds. The summed E-state index contributed by atoms with van der Waals surface area (Å²) >= 11 is 0. The Hall–Kier alpha value is -1.91. The molecule has 1 saturated heterocycles. The molecule has 0 bridgehead atoms. The van der Waals surface area contributed by atoms with Crippen LogP contribution in [0.25, 0.3) is 0 Å². The molecule has 1 aromatic heterocycles. The van der Waals surface area contributed by atoms with Crippen LogP contribution in [0.3, 0.4) is 0 Å². The van der Waals surface area contributed by atoms with E-state index in [0.29, 0.717) is 0 Å². The lowest BCUT2D eigenvalue weighted by atomic mass is 9.97. The summed E-state index contributed by atoms with van der Waals surface area (Å²) in [4.78, 5) is 6.71. The third kappa shape index (κ3) is 3.46. The van der Waals surface area contributed by atoms with Gasteiger partial charge in [-0.25, -0.2) is 0 Å². The van der Waals surface area contributed by atoms with Crippen molar-refractivity contribution < 1.29 is 4.74 Å². The predicted octanol–water partition coefficient (Wildman–Crippen LogP) is 2.47. The van der Waals surface area contributed by atoms with E-state index in [1.807, 2.05) is 18.5 Å². The second kappa shape index (κ2) is 7.38. The lowest BCUT2D eigenvalue weighted by Gasteiger charge is -2.31. The molecule has 1 N–H and O–H groups in total. The SMILES string of the molecule is COc1cccc(C(c2ccncc2)N2CCCNCC2)c1. The van der Waals surface area contributed by atoms with Gasteiger partial charge < -0.3 is 10.1 Å². The first kappa shape index (κ1) is 15.0. The summed E-state index contributed by atoms with van der Waals surface area (Å²) in [6.45, 7) is 4.27. The fourth-order valence-corrected chi connectivity index (χ4v) is 3.10. The molecule has 0 spiro atoms. The van der Waals surface area contributed by atoms with E-state index in [0.717, 1.165) is 31.9 Å². The first-order valence-corrected chi connectivity index (χ1v) is 7.87. The van der Waals surface area contributed by atoms with Gasteiger partial charge in [-0.05, 0) is 48.4 Å². The number of ether oxygens (including phenoxy) is 1. The molecule has 2 heterocycles. The summed E-state index contributed by atoms with van der Waals surface area (Å²) in [6, 6.07) is 12.9. The number of hydrogen-bond donors (Lipinski definition) is 1. The van der Waals surface area contributed by atoms with Gasteiger partial charge in [0.2, 0.25) is 0 Å². The molecule has 3 rings (SSSR count). The normalized spacial score (nSPS) is 17.7. The second-order valence-corrected chi connectivity index (χ2v) is 5.60. The van der Waals surface area contributed by atoms with Crippen molar-refractivity contribution in [2.75, 3.05) is 33.3 Å². The van der Waals surface area contributed by atoms with Crippen molar-refractivity contribution in [2.24, 2.45) is 0 Å². The zero-order chi connectivity index (χ0) is 15.2. The van der Waals surface area contributed by atoms with Crippen molar-refractivity contribution >= 4 is 0 Å². The first-order chi connectivity index (χ1) is 10.9. The Morgan fingerprint density at radius 3 is 2.77 bits per heavy atom. The molecule has 2 aromatic rings. The van der Waals surface area contributed by atoms with E-state index in [1.54, 1.807) is 7.11 Å². The Morgan fingerprint density at radius 2 is 1.95 bits per heavy atom. The summed E-state index contributed by atoms with van der Waals surface area (Å²) in [5.41, 5.74) is 2.55. The van der Waals surface area contributed by atoms with Crippen LogP contribution < -0.4 is 10.1 Å². The molecule has 1 fully saturated rings. The number of benzene rings is 1. The van der Waals surface area contributed by atoms with Gasteiger partial charge in [-0.1, -0.05) is 12.1 Å². The van der Waals surface area contributed by atoms with E-state index in [9.17, 15) is 0 Å². The van der Waals surface area contributed by atoms with Crippen molar-refractivity contribution in [3.8, 4) is 5.75 Å². The summed E-state index contributed by atoms with van der Waals surface area (Å²) in [6.07, 6.45) is 4.92. The Labute approximate surface area is 132 Å².